The van der Waals surface area contributed by atoms with E-state index in [9.17, 15) is 4.79 Å². The fourth-order valence-electron chi connectivity index (χ4n) is 2.79. The summed E-state index contributed by atoms with van der Waals surface area (Å²) in [6.07, 6.45) is 2.93. The van der Waals surface area contributed by atoms with Crippen molar-refractivity contribution in [3.8, 4) is 17.2 Å². The molecule has 1 heterocycles. The van der Waals surface area contributed by atoms with E-state index in [1.165, 1.54) is 0 Å². The van der Waals surface area contributed by atoms with E-state index in [-0.39, 0.29) is 0 Å². The summed E-state index contributed by atoms with van der Waals surface area (Å²) in [6, 6.07) is 19.1. The van der Waals surface area contributed by atoms with Gasteiger partial charge in [0.15, 0.2) is 5.69 Å². The molecule has 0 saturated carbocycles. The van der Waals surface area contributed by atoms with Gasteiger partial charge in [-0.1, -0.05) is 37.6 Å². The van der Waals surface area contributed by atoms with E-state index >= 15 is 0 Å². The van der Waals surface area contributed by atoms with E-state index in [2.05, 4.69) is 12.0 Å². The van der Waals surface area contributed by atoms with Gasteiger partial charge in [0.1, 0.15) is 11.5 Å². The average Bonchev–Trinajstić information content (AvgIpc) is 3.12. The number of nitrogens with zero attached hydrogens (tertiary/aromatic N) is 2. The Morgan fingerprint density at radius 1 is 1.00 bits per heavy atom. The summed E-state index contributed by atoms with van der Waals surface area (Å²) in [6.45, 7) is 4.26. The normalized spacial score (nSPS) is 10.6. The number of para-hydroxylation sites is 1. The maximum Gasteiger partial charge on any atom is 0.358 e. The molecule has 5 nitrogen and oxygen atoms in total. The Morgan fingerprint density at radius 3 is 2.52 bits per heavy atom. The number of ether oxygens (including phenoxy) is 2. The van der Waals surface area contributed by atoms with Crippen molar-refractivity contribution >= 4 is 5.97 Å². The molecule has 0 aliphatic carbocycles. The van der Waals surface area contributed by atoms with E-state index in [1.54, 1.807) is 11.6 Å². The van der Waals surface area contributed by atoms with E-state index in [0.29, 0.717) is 18.1 Å². The number of carbonyl (C=O) groups excluding carboxylic acids is 1. The molecule has 5 heteroatoms. The molecule has 0 fully saturated rings. The first-order valence-electron chi connectivity index (χ1n) is 9.30. The van der Waals surface area contributed by atoms with Crippen LogP contribution in [-0.4, -0.2) is 22.4 Å². The predicted octanol–water partition coefficient (Wildman–Crippen LogP) is 5.18. The van der Waals surface area contributed by atoms with Gasteiger partial charge in [0.2, 0.25) is 0 Å². The maximum absolute atomic E-state index is 12.1. The lowest BCUT2D eigenvalue weighted by Gasteiger charge is -2.10. The number of carbonyl (C=O) groups is 1. The Bertz CT molecular complexity index is 888. The van der Waals surface area contributed by atoms with Crippen molar-refractivity contribution < 1.29 is 14.3 Å². The van der Waals surface area contributed by atoms with Gasteiger partial charge in [-0.3, -0.25) is 0 Å². The Kier molecular flexibility index (Phi) is 6.26. The van der Waals surface area contributed by atoms with Crippen molar-refractivity contribution in [3.63, 3.8) is 0 Å². The highest BCUT2D eigenvalue weighted by Crippen LogP contribution is 2.24. The van der Waals surface area contributed by atoms with Gasteiger partial charge >= 0.3 is 5.97 Å². The van der Waals surface area contributed by atoms with E-state index < -0.39 is 5.97 Å². The molecule has 1 aromatic heterocycles. The molecular weight excluding hydrogens is 340 g/mol. The number of esters is 1. The van der Waals surface area contributed by atoms with Crippen LogP contribution in [0.15, 0.2) is 60.7 Å². The lowest BCUT2D eigenvalue weighted by Crippen LogP contribution is -2.07. The first-order chi connectivity index (χ1) is 13.2. The Morgan fingerprint density at radius 2 is 1.78 bits per heavy atom. The quantitative estimate of drug-likeness (QED) is 0.517. The van der Waals surface area contributed by atoms with Crippen LogP contribution in [0.2, 0.25) is 0 Å². The summed E-state index contributed by atoms with van der Waals surface area (Å²) in [5, 5.41) is 4.49. The molecule has 3 rings (SSSR count). The number of hydrogen-bond acceptors (Lipinski definition) is 4. The topological polar surface area (TPSA) is 53.3 Å². The molecule has 3 aromatic rings. The van der Waals surface area contributed by atoms with Crippen molar-refractivity contribution in [2.24, 2.45) is 0 Å². The van der Waals surface area contributed by atoms with Crippen LogP contribution in [0.5, 0.6) is 11.5 Å². The predicted molar refractivity (Wildman–Crippen MR) is 105 cm³/mol. The SMILES string of the molecule is CCCCc1cc(C(=O)OCC)nn1-c1cccc(Oc2ccccc2)c1. The summed E-state index contributed by atoms with van der Waals surface area (Å²) in [5.41, 5.74) is 2.17. The van der Waals surface area contributed by atoms with Gasteiger partial charge in [-0.05, 0) is 50.1 Å². The third-order valence-corrected chi connectivity index (χ3v) is 4.10. The number of rotatable bonds is 8. The smallest absolute Gasteiger partial charge is 0.358 e. The van der Waals surface area contributed by atoms with Crippen molar-refractivity contribution in [2.75, 3.05) is 6.61 Å². The van der Waals surface area contributed by atoms with Crippen LogP contribution in [-0.2, 0) is 11.2 Å². The van der Waals surface area contributed by atoms with Crippen LogP contribution in [0.3, 0.4) is 0 Å². The zero-order valence-corrected chi connectivity index (χ0v) is 15.7. The highest BCUT2D eigenvalue weighted by Gasteiger charge is 2.16. The third-order valence-electron chi connectivity index (χ3n) is 4.10. The molecule has 27 heavy (non-hydrogen) atoms. The number of unbranched alkanes of at least 4 members (excludes halogenated alkanes) is 1. The lowest BCUT2D eigenvalue weighted by molar-refractivity contribution is 0.0519. The second-order valence-electron chi connectivity index (χ2n) is 6.17. The van der Waals surface area contributed by atoms with Crippen molar-refractivity contribution in [1.29, 1.82) is 0 Å². The maximum atomic E-state index is 12.1. The van der Waals surface area contributed by atoms with Crippen LogP contribution in [0, 0.1) is 0 Å². The molecule has 140 valence electrons. The average molecular weight is 364 g/mol. The van der Waals surface area contributed by atoms with Crippen LogP contribution < -0.4 is 4.74 Å². The summed E-state index contributed by atoms with van der Waals surface area (Å²) in [7, 11) is 0. The minimum atomic E-state index is -0.398. The molecule has 0 aliphatic heterocycles. The van der Waals surface area contributed by atoms with Crippen LogP contribution in [0.4, 0.5) is 0 Å². The second kappa shape index (κ2) is 9.03. The van der Waals surface area contributed by atoms with Gasteiger partial charge < -0.3 is 9.47 Å². The highest BCUT2D eigenvalue weighted by molar-refractivity contribution is 5.87. The molecule has 0 radical (unpaired) electrons. The first-order valence-corrected chi connectivity index (χ1v) is 9.30. The van der Waals surface area contributed by atoms with Crippen molar-refractivity contribution in [3.05, 3.63) is 72.1 Å². The van der Waals surface area contributed by atoms with Gasteiger partial charge in [-0.2, -0.15) is 5.10 Å². The Hall–Kier alpha value is -3.08. The summed E-state index contributed by atoms with van der Waals surface area (Å²) < 4.78 is 12.8. The fourth-order valence-corrected chi connectivity index (χ4v) is 2.79. The molecule has 0 N–H and O–H groups in total. The van der Waals surface area contributed by atoms with E-state index in [0.717, 1.165) is 36.4 Å². The zero-order chi connectivity index (χ0) is 19.1. The standard InChI is InChI=1S/C22H24N2O3/c1-3-5-10-18-16-21(22(25)26-4-2)23-24(18)17-11-9-14-20(15-17)27-19-12-7-6-8-13-19/h6-9,11-16H,3-5,10H2,1-2H3. The van der Waals surface area contributed by atoms with Gasteiger partial charge in [-0.15, -0.1) is 0 Å². The van der Waals surface area contributed by atoms with Crippen LogP contribution in [0.1, 0.15) is 42.9 Å². The van der Waals surface area contributed by atoms with Crippen molar-refractivity contribution in [2.45, 2.75) is 33.1 Å². The zero-order valence-electron chi connectivity index (χ0n) is 15.7. The van der Waals surface area contributed by atoms with Crippen LogP contribution >= 0.6 is 0 Å². The summed E-state index contributed by atoms with van der Waals surface area (Å²) in [4.78, 5) is 12.1. The lowest BCUT2D eigenvalue weighted by atomic mass is 10.2. The third kappa shape index (κ3) is 4.76. The fraction of sp³-hybridized carbons (Fsp3) is 0.273. The van der Waals surface area contributed by atoms with Gasteiger partial charge in [-0.25, -0.2) is 9.48 Å². The van der Waals surface area contributed by atoms with E-state index in [1.807, 2.05) is 60.7 Å². The Labute approximate surface area is 159 Å². The minimum Gasteiger partial charge on any atom is -0.461 e. The molecule has 0 unspecified atom stereocenters. The summed E-state index contributed by atoms with van der Waals surface area (Å²) in [5.74, 6) is 1.09. The molecule has 2 aromatic carbocycles. The summed E-state index contributed by atoms with van der Waals surface area (Å²) >= 11 is 0. The first kappa shape index (κ1) is 18.7. The van der Waals surface area contributed by atoms with E-state index in [4.69, 9.17) is 9.47 Å². The Balaban J connectivity index is 1.91. The molecule has 0 bridgehead atoms. The number of aryl methyl sites for hydroxylation is 1. The molecule has 0 saturated heterocycles. The molecule has 0 aliphatic rings. The van der Waals surface area contributed by atoms with Gasteiger partial charge in [0.25, 0.3) is 0 Å². The molecule has 0 atom stereocenters. The van der Waals surface area contributed by atoms with Crippen molar-refractivity contribution in [1.82, 2.24) is 9.78 Å². The monoisotopic (exact) mass is 364 g/mol. The van der Waals surface area contributed by atoms with Gasteiger partial charge in [0.05, 0.1) is 12.3 Å². The van der Waals surface area contributed by atoms with Gasteiger partial charge in [0, 0.05) is 11.8 Å². The number of aromatic nitrogens is 2. The highest BCUT2D eigenvalue weighted by atomic mass is 16.5. The molecular formula is C22H24N2O3. The number of hydrogen-bond donors (Lipinski definition) is 0. The molecule has 0 amide bonds. The van der Waals surface area contributed by atoms with Crippen LogP contribution in [0.25, 0.3) is 5.69 Å². The second-order valence-corrected chi connectivity index (χ2v) is 6.17. The minimum absolute atomic E-state index is 0.330. The number of benzene rings is 2. The largest absolute Gasteiger partial charge is 0.461 e. The molecule has 0 spiro atoms.